The van der Waals surface area contributed by atoms with Crippen molar-refractivity contribution in [1.29, 1.82) is 0 Å². The van der Waals surface area contributed by atoms with Crippen molar-refractivity contribution in [3.05, 3.63) is 104 Å². The maximum absolute atomic E-state index is 12.9. The van der Waals surface area contributed by atoms with E-state index in [9.17, 15) is 19.4 Å². The molecule has 2 aromatic carbocycles. The summed E-state index contributed by atoms with van der Waals surface area (Å²) >= 11 is 0. The molecule has 0 radical (unpaired) electrons. The van der Waals surface area contributed by atoms with Gasteiger partial charge in [0.1, 0.15) is 17.3 Å². The number of nitrogens with one attached hydrogen (secondary N) is 1. The molecule has 9 N–H and O–H groups in total. The van der Waals surface area contributed by atoms with Crippen molar-refractivity contribution in [3.8, 4) is 11.5 Å². The molecule has 3 fully saturated rings. The molecule has 0 spiro atoms. The first-order valence-corrected chi connectivity index (χ1v) is 18.4. The Bertz CT molecular complexity index is 1680. The fourth-order valence-electron chi connectivity index (χ4n) is 6.05. The van der Waals surface area contributed by atoms with Crippen LogP contribution in [0, 0.1) is 13.0 Å². The van der Waals surface area contributed by atoms with E-state index in [0.29, 0.717) is 49.1 Å². The largest absolute Gasteiger partial charge is 1.00 e. The van der Waals surface area contributed by atoms with Gasteiger partial charge in [0.05, 0.1) is 24.6 Å². The zero-order chi connectivity index (χ0) is 37.5. The molecule has 0 bridgehead atoms. The van der Waals surface area contributed by atoms with Crippen LogP contribution in [0.1, 0.15) is 56.9 Å². The third-order valence-corrected chi connectivity index (χ3v) is 8.93. The van der Waals surface area contributed by atoms with E-state index in [0.717, 1.165) is 43.7 Å². The maximum Gasteiger partial charge on any atom is 1.00 e. The minimum atomic E-state index is -2.61. The summed E-state index contributed by atoms with van der Waals surface area (Å²) in [6.45, 7) is 9.45. The minimum absolute atomic E-state index is 0. The van der Waals surface area contributed by atoms with Gasteiger partial charge >= 0.3 is 38.2 Å². The quantitative estimate of drug-likeness (QED) is 0.0787. The molecular weight excluding hydrogens is 706 g/mol. The molecule has 16 heteroatoms. The van der Waals surface area contributed by atoms with Crippen LogP contribution < -0.4 is 66.2 Å². The van der Waals surface area contributed by atoms with Gasteiger partial charge < -0.3 is 53.4 Å². The number of allylic oxidation sites excluding steroid dienone is 3. The number of nitrogens with zero attached hydrogens (tertiary/aromatic N) is 4. The number of ether oxygens (including phenoxy) is 1. The molecule has 3 heterocycles. The van der Waals surface area contributed by atoms with Gasteiger partial charge in [-0.15, -0.1) is 12.1 Å². The summed E-state index contributed by atoms with van der Waals surface area (Å²) in [5, 5.41) is 7.00. The summed E-state index contributed by atoms with van der Waals surface area (Å²) in [7, 11) is -2.61. The van der Waals surface area contributed by atoms with E-state index in [1.807, 2.05) is 24.3 Å². The number of benzene rings is 2. The molecule has 1 saturated carbocycles. The van der Waals surface area contributed by atoms with Crippen molar-refractivity contribution >= 4 is 37.5 Å². The molecule has 14 nitrogen and oxygen atoms in total. The van der Waals surface area contributed by atoms with Crippen LogP contribution in [0.5, 0.6) is 11.5 Å². The molecule has 3 aliphatic rings. The number of para-hydroxylation sites is 2. The molecule has 3 aromatic rings. The van der Waals surface area contributed by atoms with Crippen LogP contribution in [-0.4, -0.2) is 68.6 Å². The molecule has 1 aromatic heterocycles. The average Bonchev–Trinajstić information content (AvgIpc) is 3.61. The first-order valence-electron chi connectivity index (χ1n) is 17.2. The molecule has 0 atom stereocenters. The van der Waals surface area contributed by atoms with Crippen molar-refractivity contribution in [1.82, 2.24) is 20.0 Å². The average molecular weight is 756 g/mol. The predicted molar refractivity (Wildman–Crippen MR) is 202 cm³/mol. The Morgan fingerprint density at radius 2 is 1.79 bits per heavy atom. The minimum Gasteiger partial charge on any atom is -0.551 e. The Labute approximate surface area is 335 Å². The number of anilines is 1. The number of nitrogens with two attached hydrogens (primary N) is 3. The van der Waals surface area contributed by atoms with Gasteiger partial charge in [0.15, 0.2) is 0 Å². The number of hydrogen-bond acceptors (Lipinski definition) is 11. The third kappa shape index (κ3) is 13.8. The van der Waals surface area contributed by atoms with Crippen LogP contribution in [0.4, 0.5) is 5.69 Å². The van der Waals surface area contributed by atoms with Crippen molar-refractivity contribution < 1.29 is 58.2 Å². The Morgan fingerprint density at radius 1 is 1.06 bits per heavy atom. The van der Waals surface area contributed by atoms with Gasteiger partial charge in [-0.25, -0.2) is 4.68 Å². The molecule has 280 valence electrons. The number of rotatable bonds is 9. The Morgan fingerprint density at radius 3 is 2.40 bits per heavy atom. The fourth-order valence-corrected chi connectivity index (χ4v) is 6.38. The zero-order valence-corrected chi connectivity index (χ0v) is 33.2. The van der Waals surface area contributed by atoms with Gasteiger partial charge in [0, 0.05) is 48.3 Å². The second-order valence-corrected chi connectivity index (χ2v) is 13.0. The normalized spacial score (nSPS) is 16.6. The summed E-state index contributed by atoms with van der Waals surface area (Å²) in [5.74, 6) is 1.09. The maximum atomic E-state index is 12.9. The number of carbonyl (C=O) groups is 2. The zero-order valence-electron chi connectivity index (χ0n) is 30.3. The SMILES string of the molecule is C=C1CCCC(=O)N1.NC(N)=C(/C=C(\N)c1ccccc1OP(O)O)n1cc(N2CCN(C3CCCCC3)CC2=O)cn1.[CH2-]COc1[c-]cccc1.[Na+]. The van der Waals surface area contributed by atoms with E-state index < -0.39 is 8.60 Å². The smallest absolute Gasteiger partial charge is 0.551 e. The summed E-state index contributed by atoms with van der Waals surface area (Å²) in [5.41, 5.74) is 20.6. The van der Waals surface area contributed by atoms with E-state index >= 15 is 0 Å². The molecule has 1 aliphatic carbocycles. The number of aromatic nitrogens is 2. The van der Waals surface area contributed by atoms with Crippen LogP contribution in [0.3, 0.4) is 0 Å². The van der Waals surface area contributed by atoms with Gasteiger partial charge in [-0.2, -0.15) is 23.3 Å². The van der Waals surface area contributed by atoms with Crippen molar-refractivity contribution in [3.63, 3.8) is 0 Å². The fraction of sp³-hybridized carbons (Fsp3) is 0.351. The predicted octanol–water partition coefficient (Wildman–Crippen LogP) is 1.00. The van der Waals surface area contributed by atoms with Crippen LogP contribution >= 0.6 is 8.60 Å². The standard InChI is InChI=1S/C23H32N7O4P.C8H8O.C6H9NO.Na/c24-19(18-8-4-5-9-21(18)34-35(32)33)12-20(23(25)26)30-14-17(13-27-30)29-11-10-28(15-22(29)31)16-6-2-1-3-7-16;1-2-9-8-6-4-3-5-7-8;1-5-3-2-4-6(8)7-5;/h4-5,8-9,12-14,16,32-33H,1-3,6-7,10-11,15,24-26H2;3-6H,1-2H2;1-4H2,(H,7,8);/q;-2;;+1/b19-12-;;;. The van der Waals surface area contributed by atoms with Gasteiger partial charge in [0.2, 0.25) is 11.8 Å². The molecule has 2 aliphatic heterocycles. The first-order chi connectivity index (χ1) is 25.0. The van der Waals surface area contributed by atoms with Crippen molar-refractivity contribution in [2.45, 2.75) is 57.4 Å². The topological polar surface area (TPSA) is 207 Å². The second-order valence-electron chi connectivity index (χ2n) is 12.3. The number of piperazine rings is 1. The summed E-state index contributed by atoms with van der Waals surface area (Å²) in [6, 6.07) is 17.5. The van der Waals surface area contributed by atoms with Crippen molar-refractivity contribution in [2.24, 2.45) is 17.2 Å². The second kappa shape index (κ2) is 22.4. The summed E-state index contributed by atoms with van der Waals surface area (Å²) in [4.78, 5) is 46.0. The Kier molecular flexibility index (Phi) is 18.4. The van der Waals surface area contributed by atoms with Gasteiger partial charge in [-0.05, 0) is 50.5 Å². The van der Waals surface area contributed by atoms with Crippen LogP contribution in [0.15, 0.2) is 85.1 Å². The van der Waals surface area contributed by atoms with E-state index in [4.69, 9.17) is 26.5 Å². The first kappa shape index (κ1) is 43.5. The monoisotopic (exact) mass is 755 g/mol. The van der Waals surface area contributed by atoms with E-state index in [-0.39, 0.29) is 58.6 Å². The molecular formula is C37H49N8NaO6P-. The number of piperidine rings is 1. The number of carbonyl (C=O) groups excluding carboxylic acids is 2. The molecule has 2 saturated heterocycles. The van der Waals surface area contributed by atoms with Gasteiger partial charge in [-0.3, -0.25) is 14.5 Å². The summed E-state index contributed by atoms with van der Waals surface area (Å²) in [6.07, 6.45) is 13.5. The van der Waals surface area contributed by atoms with Gasteiger partial charge in [-0.1, -0.05) is 38.0 Å². The molecule has 6 rings (SSSR count). The number of hydrogen-bond donors (Lipinski definition) is 6. The molecule has 2 amide bonds. The molecule has 53 heavy (non-hydrogen) atoms. The third-order valence-electron chi connectivity index (χ3n) is 8.57. The van der Waals surface area contributed by atoms with E-state index in [1.165, 1.54) is 30.0 Å². The summed E-state index contributed by atoms with van der Waals surface area (Å²) < 4.78 is 11.6. The van der Waals surface area contributed by atoms with Crippen LogP contribution in [0.2, 0.25) is 0 Å². The number of amides is 2. The Hall–Kier alpha value is -3.88. The van der Waals surface area contributed by atoms with E-state index in [1.54, 1.807) is 41.6 Å². The van der Waals surface area contributed by atoms with Crippen LogP contribution in [0.25, 0.3) is 11.4 Å². The molecule has 0 unspecified atom stereocenters. The van der Waals surface area contributed by atoms with Gasteiger partial charge in [0.25, 0.3) is 0 Å². The van der Waals surface area contributed by atoms with E-state index in [2.05, 4.69) is 34.9 Å². The Balaban J connectivity index is 0.000000343. The van der Waals surface area contributed by atoms with Crippen molar-refractivity contribution in [2.75, 3.05) is 31.1 Å². The van der Waals surface area contributed by atoms with Crippen LogP contribution in [-0.2, 0) is 9.59 Å².